The van der Waals surface area contributed by atoms with E-state index >= 15 is 0 Å². The molecule has 1 heterocycles. The normalized spacial score (nSPS) is 11.1. The molecule has 0 saturated heterocycles. The number of thiophene rings is 1. The second-order valence-corrected chi connectivity index (χ2v) is 8.76. The summed E-state index contributed by atoms with van der Waals surface area (Å²) in [5, 5.41) is 8.26. The van der Waals surface area contributed by atoms with E-state index in [1.165, 1.54) is 10.4 Å². The van der Waals surface area contributed by atoms with E-state index in [0.29, 0.717) is 18.3 Å². The quantitative estimate of drug-likeness (QED) is 0.493. The largest absolute Gasteiger partial charge is 0.493 e. The third-order valence-electron chi connectivity index (χ3n) is 4.39. The van der Waals surface area contributed by atoms with Gasteiger partial charge < -0.3 is 15.4 Å². The summed E-state index contributed by atoms with van der Waals surface area (Å²) in [6.45, 7) is 9.17. The summed E-state index contributed by atoms with van der Waals surface area (Å²) in [4.78, 5) is 13.7. The first-order valence-corrected chi connectivity index (χ1v) is 10.4. The minimum atomic E-state index is -0.514. The predicted octanol–water partition coefficient (Wildman–Crippen LogP) is 4.74. The second-order valence-electron chi connectivity index (χ2n) is 7.32. The molecule has 0 aliphatic heterocycles. The van der Waals surface area contributed by atoms with Gasteiger partial charge in [-0.05, 0) is 67.5 Å². The van der Waals surface area contributed by atoms with E-state index in [2.05, 4.69) is 29.7 Å². The molecule has 0 bridgehead atoms. The Morgan fingerprint density at radius 2 is 2.04 bits per heavy atom. The Morgan fingerprint density at radius 1 is 1.26 bits per heavy atom. The average Bonchev–Trinajstić information content (AvgIpc) is 3.13. The molecule has 0 aliphatic rings. The van der Waals surface area contributed by atoms with Crippen LogP contribution in [0, 0.1) is 19.3 Å². The van der Waals surface area contributed by atoms with Crippen LogP contribution in [-0.4, -0.2) is 17.6 Å². The third-order valence-corrected chi connectivity index (χ3v) is 5.52. The Bertz CT molecular complexity index is 770. The number of aryl methyl sites for hydroxylation is 2. The zero-order valence-corrected chi connectivity index (χ0v) is 18.1. The van der Waals surface area contributed by atoms with Crippen LogP contribution in [-0.2, 0) is 11.3 Å². The highest BCUT2D eigenvalue weighted by Gasteiger charge is 2.27. The molecule has 6 heteroatoms. The topological polar surface area (TPSA) is 50.4 Å². The molecule has 27 heavy (non-hydrogen) atoms. The van der Waals surface area contributed by atoms with Crippen molar-refractivity contribution in [2.75, 3.05) is 6.61 Å². The predicted molar refractivity (Wildman–Crippen MR) is 116 cm³/mol. The minimum absolute atomic E-state index is 0.0714. The molecule has 0 spiro atoms. The van der Waals surface area contributed by atoms with Crippen LogP contribution in [0.4, 0.5) is 0 Å². The molecule has 2 aromatic rings. The highest BCUT2D eigenvalue weighted by atomic mass is 32.1. The summed E-state index contributed by atoms with van der Waals surface area (Å²) >= 11 is 6.89. The van der Waals surface area contributed by atoms with Crippen LogP contribution in [0.3, 0.4) is 0 Å². The van der Waals surface area contributed by atoms with Gasteiger partial charge in [0.1, 0.15) is 5.75 Å². The van der Waals surface area contributed by atoms with Crippen LogP contribution in [0.15, 0.2) is 35.7 Å². The molecule has 4 nitrogen and oxygen atoms in total. The molecular formula is C21H28N2O2S2. The lowest BCUT2D eigenvalue weighted by atomic mass is 9.87. The van der Waals surface area contributed by atoms with Gasteiger partial charge in [-0.15, -0.1) is 11.3 Å². The SMILES string of the molecule is Cc1ccc(C)c(OCCCC(C)(C)C(=O)NC(=S)NCc2cccs2)c1. The van der Waals surface area contributed by atoms with E-state index in [1.54, 1.807) is 11.3 Å². The van der Waals surface area contributed by atoms with E-state index in [1.807, 2.05) is 44.4 Å². The van der Waals surface area contributed by atoms with E-state index in [-0.39, 0.29) is 5.91 Å². The van der Waals surface area contributed by atoms with E-state index in [9.17, 15) is 4.79 Å². The monoisotopic (exact) mass is 404 g/mol. The summed E-state index contributed by atoms with van der Waals surface area (Å²) in [7, 11) is 0. The number of carbonyl (C=O) groups is 1. The third kappa shape index (κ3) is 6.96. The first-order valence-electron chi connectivity index (χ1n) is 9.09. The Morgan fingerprint density at radius 3 is 2.74 bits per heavy atom. The number of hydrogen-bond donors (Lipinski definition) is 2. The van der Waals surface area contributed by atoms with Crippen molar-refractivity contribution in [3.63, 3.8) is 0 Å². The summed E-state index contributed by atoms with van der Waals surface area (Å²) in [5.41, 5.74) is 1.79. The minimum Gasteiger partial charge on any atom is -0.493 e. The molecule has 2 rings (SSSR count). The van der Waals surface area contributed by atoms with Crippen LogP contribution in [0.1, 0.15) is 42.7 Å². The van der Waals surface area contributed by atoms with Crippen molar-refractivity contribution in [2.45, 2.75) is 47.1 Å². The Kier molecular flexibility index (Phi) is 7.80. The fraction of sp³-hybridized carbons (Fsp3) is 0.429. The molecule has 146 valence electrons. The highest BCUT2D eigenvalue weighted by molar-refractivity contribution is 7.80. The maximum absolute atomic E-state index is 12.5. The van der Waals surface area contributed by atoms with Gasteiger partial charge in [-0.25, -0.2) is 0 Å². The van der Waals surface area contributed by atoms with Crippen molar-refractivity contribution >= 4 is 34.6 Å². The number of benzene rings is 1. The molecule has 0 aliphatic carbocycles. The van der Waals surface area contributed by atoms with Gasteiger partial charge >= 0.3 is 0 Å². The first kappa shape index (κ1) is 21.4. The number of carbonyl (C=O) groups excluding carboxylic acids is 1. The van der Waals surface area contributed by atoms with Crippen LogP contribution in [0.5, 0.6) is 5.75 Å². The lowest BCUT2D eigenvalue weighted by Gasteiger charge is -2.24. The maximum atomic E-state index is 12.5. The molecule has 0 fully saturated rings. The Labute approximate surface area is 171 Å². The lowest BCUT2D eigenvalue weighted by molar-refractivity contribution is -0.128. The molecule has 0 atom stereocenters. The van der Waals surface area contributed by atoms with E-state index in [0.717, 1.165) is 24.2 Å². The van der Waals surface area contributed by atoms with Crippen molar-refractivity contribution in [1.82, 2.24) is 10.6 Å². The van der Waals surface area contributed by atoms with Crippen LogP contribution in [0.2, 0.25) is 0 Å². The van der Waals surface area contributed by atoms with Crippen LogP contribution < -0.4 is 15.4 Å². The molecule has 0 unspecified atom stereocenters. The van der Waals surface area contributed by atoms with Crippen LogP contribution in [0.25, 0.3) is 0 Å². The van der Waals surface area contributed by atoms with Crippen LogP contribution >= 0.6 is 23.6 Å². The number of ether oxygens (including phenoxy) is 1. The number of rotatable bonds is 8. The van der Waals surface area contributed by atoms with E-state index in [4.69, 9.17) is 17.0 Å². The van der Waals surface area contributed by atoms with Crippen molar-refractivity contribution < 1.29 is 9.53 Å². The Balaban J connectivity index is 1.73. The van der Waals surface area contributed by atoms with Crippen molar-refractivity contribution in [1.29, 1.82) is 0 Å². The van der Waals surface area contributed by atoms with Gasteiger partial charge in [0.2, 0.25) is 5.91 Å². The molecule has 1 amide bonds. The fourth-order valence-corrected chi connectivity index (χ4v) is 3.38. The van der Waals surface area contributed by atoms with Crippen molar-refractivity contribution in [2.24, 2.45) is 5.41 Å². The molecule has 0 saturated carbocycles. The standard InChI is InChI=1S/C21H28N2O2S2/c1-15-8-9-16(2)18(13-15)25-11-6-10-21(3,4)19(24)23-20(26)22-14-17-7-5-12-27-17/h5,7-9,12-13H,6,10-11,14H2,1-4H3,(H2,22,23,24,26). The van der Waals surface area contributed by atoms with Gasteiger partial charge in [-0.1, -0.05) is 32.0 Å². The van der Waals surface area contributed by atoms with E-state index < -0.39 is 5.41 Å². The molecule has 0 radical (unpaired) electrons. The van der Waals surface area contributed by atoms with Gasteiger partial charge in [0, 0.05) is 10.3 Å². The lowest BCUT2D eigenvalue weighted by Crippen LogP contribution is -2.45. The van der Waals surface area contributed by atoms with Gasteiger partial charge in [-0.2, -0.15) is 0 Å². The van der Waals surface area contributed by atoms with Gasteiger partial charge in [-0.3, -0.25) is 4.79 Å². The molecular weight excluding hydrogens is 376 g/mol. The average molecular weight is 405 g/mol. The summed E-state index contributed by atoms with van der Waals surface area (Å²) in [6, 6.07) is 10.2. The number of amides is 1. The Hall–Kier alpha value is -1.92. The zero-order chi connectivity index (χ0) is 19.9. The first-order chi connectivity index (χ1) is 12.8. The summed E-state index contributed by atoms with van der Waals surface area (Å²) in [5.74, 6) is 0.842. The summed E-state index contributed by atoms with van der Waals surface area (Å²) < 4.78 is 5.89. The number of thiocarbonyl (C=S) groups is 1. The van der Waals surface area contributed by atoms with Gasteiger partial charge in [0.05, 0.1) is 13.2 Å². The number of hydrogen-bond acceptors (Lipinski definition) is 4. The van der Waals surface area contributed by atoms with Gasteiger partial charge in [0.25, 0.3) is 0 Å². The highest BCUT2D eigenvalue weighted by Crippen LogP contribution is 2.24. The van der Waals surface area contributed by atoms with Crippen molar-refractivity contribution in [3.8, 4) is 5.75 Å². The molecule has 1 aromatic heterocycles. The summed E-state index contributed by atoms with van der Waals surface area (Å²) in [6.07, 6.45) is 1.51. The zero-order valence-electron chi connectivity index (χ0n) is 16.4. The smallest absolute Gasteiger partial charge is 0.231 e. The molecule has 1 aromatic carbocycles. The second kappa shape index (κ2) is 9.85. The maximum Gasteiger partial charge on any atom is 0.231 e. The molecule has 2 N–H and O–H groups in total. The van der Waals surface area contributed by atoms with Crippen molar-refractivity contribution in [3.05, 3.63) is 51.7 Å². The van der Waals surface area contributed by atoms with Gasteiger partial charge in [0.15, 0.2) is 5.11 Å². The number of nitrogens with one attached hydrogen (secondary N) is 2. The fourth-order valence-electron chi connectivity index (χ4n) is 2.57.